The summed E-state index contributed by atoms with van der Waals surface area (Å²) >= 11 is 7.20. The highest BCUT2D eigenvalue weighted by atomic mass is 35.5. The first kappa shape index (κ1) is 9.24. The Morgan fingerprint density at radius 3 is 3.31 bits per heavy atom. The average Bonchev–Trinajstić information content (AvgIpc) is 2.71. The topological polar surface area (TPSA) is 34.2 Å². The number of nitrogens with zero attached hydrogens (tertiary/aromatic N) is 1. The van der Waals surface area contributed by atoms with Crippen LogP contribution in [0, 0.1) is 0 Å². The number of ether oxygens (including phenoxy) is 1. The minimum atomic E-state index is 0.350. The zero-order chi connectivity index (χ0) is 9.10. The van der Waals surface area contributed by atoms with Crippen LogP contribution in [0.2, 0.25) is 4.34 Å². The van der Waals surface area contributed by atoms with Crippen LogP contribution in [-0.2, 0) is 4.74 Å². The zero-order valence-electron chi connectivity index (χ0n) is 7.12. The van der Waals surface area contributed by atoms with E-state index in [1.54, 1.807) is 6.20 Å². The number of hydrogen-bond acceptors (Lipinski definition) is 4. The first-order valence-corrected chi connectivity index (χ1v) is 5.51. The molecule has 0 aromatic carbocycles. The fourth-order valence-corrected chi connectivity index (χ4v) is 2.16. The molecule has 5 heteroatoms. The molecule has 1 N–H and O–H groups in total. The summed E-state index contributed by atoms with van der Waals surface area (Å²) in [4.78, 5) is 4.10. The largest absolute Gasteiger partial charge is 0.376 e. The molecule has 2 heterocycles. The van der Waals surface area contributed by atoms with Gasteiger partial charge in [0.15, 0.2) is 5.13 Å². The van der Waals surface area contributed by atoms with Gasteiger partial charge in [0, 0.05) is 13.2 Å². The monoisotopic (exact) mass is 218 g/mol. The van der Waals surface area contributed by atoms with E-state index in [-0.39, 0.29) is 0 Å². The lowest BCUT2D eigenvalue weighted by Crippen LogP contribution is -2.18. The summed E-state index contributed by atoms with van der Waals surface area (Å²) in [5.41, 5.74) is 0. The van der Waals surface area contributed by atoms with Crippen molar-refractivity contribution in [2.24, 2.45) is 0 Å². The predicted molar refractivity (Wildman–Crippen MR) is 54.6 cm³/mol. The molecule has 1 unspecified atom stereocenters. The molecule has 1 aromatic rings. The lowest BCUT2D eigenvalue weighted by Gasteiger charge is -2.08. The second-order valence-corrected chi connectivity index (χ2v) is 4.65. The Hall–Kier alpha value is -0.320. The zero-order valence-corrected chi connectivity index (χ0v) is 8.70. The number of aromatic nitrogens is 1. The Bertz CT molecular complexity index is 273. The molecular weight excluding hydrogens is 208 g/mol. The van der Waals surface area contributed by atoms with Crippen LogP contribution < -0.4 is 5.32 Å². The quantitative estimate of drug-likeness (QED) is 0.846. The highest BCUT2D eigenvalue weighted by molar-refractivity contribution is 7.19. The lowest BCUT2D eigenvalue weighted by atomic mass is 10.2. The molecule has 0 aliphatic carbocycles. The standard InChI is InChI=1S/C8H11ClN2OS/c9-7-5-11-8(13-7)10-4-6-2-1-3-12-6/h5-6H,1-4H2,(H,10,11). The van der Waals surface area contributed by atoms with Crippen LogP contribution in [0.5, 0.6) is 0 Å². The van der Waals surface area contributed by atoms with Crippen LogP contribution in [0.4, 0.5) is 5.13 Å². The molecule has 1 atom stereocenters. The number of nitrogens with one attached hydrogen (secondary N) is 1. The third-order valence-corrected chi connectivity index (χ3v) is 3.05. The fraction of sp³-hybridized carbons (Fsp3) is 0.625. The van der Waals surface area contributed by atoms with Gasteiger partial charge in [0.2, 0.25) is 0 Å². The van der Waals surface area contributed by atoms with Crippen molar-refractivity contribution in [1.29, 1.82) is 0 Å². The number of rotatable bonds is 3. The number of anilines is 1. The van der Waals surface area contributed by atoms with Crippen molar-refractivity contribution in [2.75, 3.05) is 18.5 Å². The van der Waals surface area contributed by atoms with Gasteiger partial charge < -0.3 is 10.1 Å². The van der Waals surface area contributed by atoms with Crippen molar-refractivity contribution in [2.45, 2.75) is 18.9 Å². The van der Waals surface area contributed by atoms with E-state index in [0.717, 1.165) is 29.0 Å². The maximum atomic E-state index is 5.74. The second-order valence-electron chi connectivity index (χ2n) is 2.99. The van der Waals surface area contributed by atoms with Gasteiger partial charge in [0.1, 0.15) is 4.34 Å². The third kappa shape index (κ3) is 2.56. The molecule has 0 amide bonds. The van der Waals surface area contributed by atoms with Crippen LogP contribution >= 0.6 is 22.9 Å². The molecule has 0 bridgehead atoms. The highest BCUT2D eigenvalue weighted by Crippen LogP contribution is 2.23. The van der Waals surface area contributed by atoms with Crippen LogP contribution in [0.3, 0.4) is 0 Å². The molecular formula is C8H11ClN2OS. The Morgan fingerprint density at radius 2 is 2.69 bits per heavy atom. The molecule has 1 saturated heterocycles. The summed E-state index contributed by atoms with van der Waals surface area (Å²) in [6, 6.07) is 0. The Morgan fingerprint density at radius 1 is 1.77 bits per heavy atom. The molecule has 0 spiro atoms. The highest BCUT2D eigenvalue weighted by Gasteiger charge is 2.15. The van der Waals surface area contributed by atoms with E-state index in [0.29, 0.717) is 6.10 Å². The molecule has 0 radical (unpaired) electrons. The van der Waals surface area contributed by atoms with Crippen molar-refractivity contribution in [1.82, 2.24) is 4.98 Å². The first-order valence-electron chi connectivity index (χ1n) is 4.31. The van der Waals surface area contributed by atoms with Gasteiger partial charge in [0.25, 0.3) is 0 Å². The number of thiazole rings is 1. The van der Waals surface area contributed by atoms with E-state index in [1.807, 2.05) is 0 Å². The van der Waals surface area contributed by atoms with E-state index in [1.165, 1.54) is 17.8 Å². The summed E-state index contributed by atoms with van der Waals surface area (Å²) in [5, 5.41) is 4.08. The molecule has 3 nitrogen and oxygen atoms in total. The van der Waals surface area contributed by atoms with E-state index >= 15 is 0 Å². The van der Waals surface area contributed by atoms with Crippen molar-refractivity contribution < 1.29 is 4.74 Å². The maximum Gasteiger partial charge on any atom is 0.184 e. The van der Waals surface area contributed by atoms with E-state index in [4.69, 9.17) is 16.3 Å². The van der Waals surface area contributed by atoms with Gasteiger partial charge in [-0.15, -0.1) is 0 Å². The molecule has 0 saturated carbocycles. The van der Waals surface area contributed by atoms with Crippen LogP contribution in [0.15, 0.2) is 6.20 Å². The minimum Gasteiger partial charge on any atom is -0.376 e. The van der Waals surface area contributed by atoms with Gasteiger partial charge in [-0.2, -0.15) is 0 Å². The smallest absolute Gasteiger partial charge is 0.184 e. The SMILES string of the molecule is Clc1cnc(NCC2CCCO2)s1. The molecule has 1 aromatic heterocycles. The normalized spacial score (nSPS) is 22.1. The predicted octanol–water partition coefficient (Wildman–Crippen LogP) is 2.39. The van der Waals surface area contributed by atoms with Gasteiger partial charge >= 0.3 is 0 Å². The van der Waals surface area contributed by atoms with Crippen LogP contribution in [0.1, 0.15) is 12.8 Å². The number of hydrogen-bond donors (Lipinski definition) is 1. The van der Waals surface area contributed by atoms with Crippen LogP contribution in [0.25, 0.3) is 0 Å². The first-order chi connectivity index (χ1) is 6.34. The van der Waals surface area contributed by atoms with E-state index in [2.05, 4.69) is 10.3 Å². The Kier molecular flexibility index (Phi) is 3.03. The number of halogens is 1. The Balaban J connectivity index is 1.78. The summed E-state index contributed by atoms with van der Waals surface area (Å²) in [7, 11) is 0. The summed E-state index contributed by atoms with van der Waals surface area (Å²) in [5.74, 6) is 0. The average molecular weight is 219 g/mol. The molecule has 1 aliphatic rings. The van der Waals surface area contributed by atoms with Crippen molar-refractivity contribution >= 4 is 28.1 Å². The van der Waals surface area contributed by atoms with E-state index < -0.39 is 0 Å². The van der Waals surface area contributed by atoms with Crippen molar-refractivity contribution in [3.05, 3.63) is 10.5 Å². The summed E-state index contributed by atoms with van der Waals surface area (Å²) in [6.45, 7) is 1.73. The van der Waals surface area contributed by atoms with Crippen molar-refractivity contribution in [3.8, 4) is 0 Å². The van der Waals surface area contributed by atoms with Gasteiger partial charge in [-0.05, 0) is 12.8 Å². The molecule has 1 aliphatic heterocycles. The minimum absolute atomic E-state index is 0.350. The summed E-state index contributed by atoms with van der Waals surface area (Å²) in [6.07, 6.45) is 4.32. The van der Waals surface area contributed by atoms with Crippen molar-refractivity contribution in [3.63, 3.8) is 0 Å². The second kappa shape index (κ2) is 4.26. The Labute approximate surface area is 86.1 Å². The molecule has 1 fully saturated rings. The van der Waals surface area contributed by atoms with Gasteiger partial charge in [-0.25, -0.2) is 4.98 Å². The molecule has 2 rings (SSSR count). The lowest BCUT2D eigenvalue weighted by molar-refractivity contribution is 0.120. The summed E-state index contributed by atoms with van der Waals surface area (Å²) < 4.78 is 6.18. The molecule has 72 valence electrons. The molecule has 13 heavy (non-hydrogen) atoms. The van der Waals surface area contributed by atoms with Crippen LogP contribution in [-0.4, -0.2) is 24.2 Å². The fourth-order valence-electron chi connectivity index (χ4n) is 1.34. The van der Waals surface area contributed by atoms with Gasteiger partial charge in [0.05, 0.1) is 12.3 Å². The van der Waals surface area contributed by atoms with Gasteiger partial charge in [-0.3, -0.25) is 0 Å². The maximum absolute atomic E-state index is 5.74. The van der Waals surface area contributed by atoms with E-state index in [9.17, 15) is 0 Å². The third-order valence-electron chi connectivity index (χ3n) is 1.98. The van der Waals surface area contributed by atoms with Gasteiger partial charge in [-0.1, -0.05) is 22.9 Å².